The standard InChI is InChI=1S/C13H17ClN4/c1-13(2,3)7-16-11-6-4-5-10(14)12(11)18-9-15-8-17-18/h4-6,8-9,16H,7H2,1-3H3. The predicted octanol–water partition coefficient (Wildman–Crippen LogP) is 3.38. The number of para-hydroxylation sites is 1. The maximum absolute atomic E-state index is 6.24. The number of nitrogens with one attached hydrogen (secondary N) is 1. The van der Waals surface area contributed by atoms with Crippen LogP contribution >= 0.6 is 11.6 Å². The molecule has 0 aliphatic heterocycles. The Morgan fingerprint density at radius 1 is 1.33 bits per heavy atom. The van der Waals surface area contributed by atoms with Crippen molar-refractivity contribution >= 4 is 17.3 Å². The van der Waals surface area contributed by atoms with E-state index in [-0.39, 0.29) is 5.41 Å². The minimum absolute atomic E-state index is 0.196. The Hall–Kier alpha value is -1.55. The van der Waals surface area contributed by atoms with Gasteiger partial charge in [0.05, 0.1) is 10.7 Å². The molecule has 1 N–H and O–H groups in total. The van der Waals surface area contributed by atoms with E-state index in [1.807, 2.05) is 18.2 Å². The highest BCUT2D eigenvalue weighted by molar-refractivity contribution is 6.33. The first kappa shape index (κ1) is 12.9. The van der Waals surface area contributed by atoms with Crippen LogP contribution < -0.4 is 5.32 Å². The molecule has 96 valence electrons. The summed E-state index contributed by atoms with van der Waals surface area (Å²) in [5.74, 6) is 0. The Morgan fingerprint density at radius 2 is 2.11 bits per heavy atom. The fourth-order valence-electron chi connectivity index (χ4n) is 1.57. The molecule has 1 heterocycles. The first-order chi connectivity index (χ1) is 8.47. The Morgan fingerprint density at radius 3 is 2.72 bits per heavy atom. The van der Waals surface area contributed by atoms with E-state index >= 15 is 0 Å². The van der Waals surface area contributed by atoms with Crippen molar-refractivity contribution in [3.63, 3.8) is 0 Å². The number of anilines is 1. The molecule has 4 nitrogen and oxygen atoms in total. The van der Waals surface area contributed by atoms with E-state index in [0.717, 1.165) is 17.9 Å². The molecule has 0 aliphatic carbocycles. The summed E-state index contributed by atoms with van der Waals surface area (Å²) in [6.07, 6.45) is 3.14. The average Bonchev–Trinajstić information content (AvgIpc) is 2.78. The Labute approximate surface area is 112 Å². The lowest BCUT2D eigenvalue weighted by Gasteiger charge is -2.21. The van der Waals surface area contributed by atoms with Crippen molar-refractivity contribution < 1.29 is 0 Å². The van der Waals surface area contributed by atoms with Crippen molar-refractivity contribution in [2.45, 2.75) is 20.8 Å². The molecule has 0 fully saturated rings. The average molecular weight is 265 g/mol. The Balaban J connectivity index is 2.33. The molecule has 0 saturated carbocycles. The summed E-state index contributed by atoms with van der Waals surface area (Å²) in [5.41, 5.74) is 1.99. The van der Waals surface area contributed by atoms with Crippen LogP contribution in [0.2, 0.25) is 5.02 Å². The fraction of sp³-hybridized carbons (Fsp3) is 0.385. The second kappa shape index (κ2) is 4.98. The number of halogens is 1. The highest BCUT2D eigenvalue weighted by atomic mass is 35.5. The van der Waals surface area contributed by atoms with E-state index in [9.17, 15) is 0 Å². The van der Waals surface area contributed by atoms with Gasteiger partial charge in [-0.2, -0.15) is 5.10 Å². The number of rotatable bonds is 3. The van der Waals surface area contributed by atoms with Gasteiger partial charge >= 0.3 is 0 Å². The number of nitrogens with zero attached hydrogens (tertiary/aromatic N) is 3. The number of benzene rings is 1. The second-order valence-electron chi connectivity index (χ2n) is 5.39. The van der Waals surface area contributed by atoms with Crippen LogP contribution in [0, 0.1) is 5.41 Å². The molecule has 0 radical (unpaired) electrons. The SMILES string of the molecule is CC(C)(C)CNc1cccc(Cl)c1-n1cncn1. The van der Waals surface area contributed by atoms with Gasteiger partial charge in [0.15, 0.2) is 0 Å². The molecule has 0 saturated heterocycles. The summed E-state index contributed by atoms with van der Waals surface area (Å²) >= 11 is 6.24. The summed E-state index contributed by atoms with van der Waals surface area (Å²) in [4.78, 5) is 3.96. The third-order valence-corrected chi connectivity index (χ3v) is 2.75. The van der Waals surface area contributed by atoms with E-state index in [4.69, 9.17) is 11.6 Å². The molecule has 0 amide bonds. The highest BCUT2D eigenvalue weighted by Crippen LogP contribution is 2.28. The first-order valence-electron chi connectivity index (χ1n) is 5.85. The Bertz CT molecular complexity index is 514. The largest absolute Gasteiger partial charge is 0.383 e. The fourth-order valence-corrected chi connectivity index (χ4v) is 1.84. The highest BCUT2D eigenvalue weighted by Gasteiger charge is 2.13. The third-order valence-electron chi connectivity index (χ3n) is 2.44. The Kier molecular flexibility index (Phi) is 3.57. The lowest BCUT2D eigenvalue weighted by Crippen LogP contribution is -2.20. The number of hydrogen-bond acceptors (Lipinski definition) is 3. The molecular formula is C13H17ClN4. The molecule has 2 aromatic rings. The van der Waals surface area contributed by atoms with Gasteiger partial charge in [-0.15, -0.1) is 0 Å². The van der Waals surface area contributed by atoms with Gasteiger partial charge in [-0.1, -0.05) is 38.4 Å². The molecule has 0 aliphatic rings. The molecule has 2 rings (SSSR count). The molecule has 5 heteroatoms. The summed E-state index contributed by atoms with van der Waals surface area (Å²) < 4.78 is 1.67. The lowest BCUT2D eigenvalue weighted by molar-refractivity contribution is 0.443. The minimum atomic E-state index is 0.196. The molecule has 1 aromatic heterocycles. The van der Waals surface area contributed by atoms with E-state index < -0.39 is 0 Å². The van der Waals surface area contributed by atoms with Crippen molar-refractivity contribution in [2.75, 3.05) is 11.9 Å². The van der Waals surface area contributed by atoms with Crippen molar-refractivity contribution in [3.05, 3.63) is 35.9 Å². The third kappa shape index (κ3) is 3.01. The summed E-state index contributed by atoms with van der Waals surface area (Å²) in [6, 6.07) is 5.77. The van der Waals surface area contributed by atoms with E-state index in [1.165, 1.54) is 6.33 Å². The van der Waals surface area contributed by atoms with Gasteiger partial charge < -0.3 is 5.32 Å². The maximum Gasteiger partial charge on any atom is 0.138 e. The molecule has 0 spiro atoms. The second-order valence-corrected chi connectivity index (χ2v) is 5.80. The quantitative estimate of drug-likeness (QED) is 0.924. The van der Waals surface area contributed by atoms with Crippen LogP contribution in [0.3, 0.4) is 0 Å². The zero-order valence-electron chi connectivity index (χ0n) is 10.8. The van der Waals surface area contributed by atoms with Gasteiger partial charge in [-0.25, -0.2) is 9.67 Å². The van der Waals surface area contributed by atoms with Crippen LogP contribution in [0.15, 0.2) is 30.9 Å². The molecule has 0 bridgehead atoms. The van der Waals surface area contributed by atoms with E-state index in [1.54, 1.807) is 11.0 Å². The van der Waals surface area contributed by atoms with Crippen LogP contribution in [-0.4, -0.2) is 21.3 Å². The molecule has 0 atom stereocenters. The minimum Gasteiger partial charge on any atom is -0.383 e. The number of aromatic nitrogens is 3. The monoisotopic (exact) mass is 264 g/mol. The van der Waals surface area contributed by atoms with Gasteiger partial charge in [-0.3, -0.25) is 0 Å². The van der Waals surface area contributed by atoms with Gasteiger partial charge in [0, 0.05) is 6.54 Å². The first-order valence-corrected chi connectivity index (χ1v) is 6.22. The van der Waals surface area contributed by atoms with E-state index in [2.05, 4.69) is 36.2 Å². The van der Waals surface area contributed by atoms with Crippen LogP contribution in [0.1, 0.15) is 20.8 Å². The topological polar surface area (TPSA) is 42.7 Å². The van der Waals surface area contributed by atoms with Crippen molar-refractivity contribution in [2.24, 2.45) is 5.41 Å². The van der Waals surface area contributed by atoms with Gasteiger partial charge in [0.1, 0.15) is 18.3 Å². The zero-order chi connectivity index (χ0) is 13.2. The van der Waals surface area contributed by atoms with Crippen molar-refractivity contribution in [1.82, 2.24) is 14.8 Å². The molecule has 0 unspecified atom stereocenters. The predicted molar refractivity (Wildman–Crippen MR) is 74.3 cm³/mol. The van der Waals surface area contributed by atoms with Crippen LogP contribution in [0.5, 0.6) is 0 Å². The van der Waals surface area contributed by atoms with Crippen molar-refractivity contribution in [1.29, 1.82) is 0 Å². The zero-order valence-corrected chi connectivity index (χ0v) is 11.6. The van der Waals surface area contributed by atoms with Crippen LogP contribution in [0.25, 0.3) is 5.69 Å². The van der Waals surface area contributed by atoms with Gasteiger partial charge in [0.25, 0.3) is 0 Å². The summed E-state index contributed by atoms with van der Waals surface area (Å²) in [7, 11) is 0. The summed E-state index contributed by atoms with van der Waals surface area (Å²) in [6.45, 7) is 7.40. The maximum atomic E-state index is 6.24. The van der Waals surface area contributed by atoms with Crippen LogP contribution in [0.4, 0.5) is 5.69 Å². The van der Waals surface area contributed by atoms with Crippen LogP contribution in [-0.2, 0) is 0 Å². The van der Waals surface area contributed by atoms with E-state index in [0.29, 0.717) is 5.02 Å². The number of hydrogen-bond donors (Lipinski definition) is 1. The molecule has 1 aromatic carbocycles. The molecule has 18 heavy (non-hydrogen) atoms. The normalized spacial score (nSPS) is 11.6. The van der Waals surface area contributed by atoms with Gasteiger partial charge in [0.2, 0.25) is 0 Å². The smallest absolute Gasteiger partial charge is 0.138 e. The molecular weight excluding hydrogens is 248 g/mol. The lowest BCUT2D eigenvalue weighted by atomic mass is 9.97. The van der Waals surface area contributed by atoms with Gasteiger partial charge in [-0.05, 0) is 17.5 Å². The summed E-state index contributed by atoms with van der Waals surface area (Å²) in [5, 5.41) is 8.20. The van der Waals surface area contributed by atoms with Crippen molar-refractivity contribution in [3.8, 4) is 5.69 Å².